The number of thiophene rings is 2. The molecular formula is C20H21N5O2S3. The number of hydrogen-bond donors (Lipinski definition) is 0. The number of aromatic nitrogens is 5. The first-order chi connectivity index (χ1) is 14.9. The van der Waals surface area contributed by atoms with Gasteiger partial charge in [-0.25, -0.2) is 0 Å². The minimum atomic E-state index is 0.244. The second-order valence-corrected chi connectivity index (χ2v) is 9.93. The lowest BCUT2D eigenvalue weighted by Gasteiger charge is -2.14. The fourth-order valence-corrected chi connectivity index (χ4v) is 5.64. The Morgan fingerprint density at radius 1 is 1.13 bits per heavy atom. The second-order valence-electron chi connectivity index (χ2n) is 6.97. The van der Waals surface area contributed by atoms with Gasteiger partial charge >= 0.3 is 0 Å². The third-order valence-corrected chi connectivity index (χ3v) is 7.63. The lowest BCUT2D eigenvalue weighted by atomic mass is 10.2. The average Bonchev–Trinajstić information content (AvgIpc) is 3.58. The highest BCUT2D eigenvalue weighted by atomic mass is 32.2. The normalized spacial score (nSPS) is 16.5. The molecule has 0 radical (unpaired) electrons. The zero-order valence-corrected chi connectivity index (χ0v) is 18.7. The molecule has 30 heavy (non-hydrogen) atoms. The molecule has 4 aromatic rings. The van der Waals surface area contributed by atoms with Gasteiger partial charge < -0.3 is 9.26 Å². The molecule has 1 unspecified atom stereocenters. The molecule has 0 N–H and O–H groups in total. The van der Waals surface area contributed by atoms with Crippen molar-refractivity contribution in [3.05, 3.63) is 40.9 Å². The van der Waals surface area contributed by atoms with Crippen LogP contribution < -0.4 is 0 Å². The maximum Gasteiger partial charge on any atom is 0.227 e. The highest BCUT2D eigenvalue weighted by Crippen LogP contribution is 2.29. The predicted octanol–water partition coefficient (Wildman–Crippen LogP) is 5.02. The summed E-state index contributed by atoms with van der Waals surface area (Å²) in [5.74, 6) is 3.19. The van der Waals surface area contributed by atoms with E-state index in [0.29, 0.717) is 11.7 Å². The molecule has 0 bridgehead atoms. The van der Waals surface area contributed by atoms with Gasteiger partial charge in [0.15, 0.2) is 11.0 Å². The van der Waals surface area contributed by atoms with E-state index >= 15 is 0 Å². The zero-order chi connectivity index (χ0) is 20.2. The minimum Gasteiger partial charge on any atom is -0.376 e. The third kappa shape index (κ3) is 4.51. The van der Waals surface area contributed by atoms with Crippen molar-refractivity contribution < 1.29 is 9.26 Å². The van der Waals surface area contributed by atoms with Crippen molar-refractivity contribution in [2.75, 3.05) is 12.4 Å². The third-order valence-electron chi connectivity index (χ3n) is 4.84. The van der Waals surface area contributed by atoms with Gasteiger partial charge in [-0.05, 0) is 42.2 Å². The van der Waals surface area contributed by atoms with Crippen LogP contribution in [0, 0.1) is 0 Å². The van der Waals surface area contributed by atoms with Crippen LogP contribution in [0.15, 0.2) is 44.7 Å². The summed E-state index contributed by atoms with van der Waals surface area (Å²) < 4.78 is 13.5. The molecule has 5 heterocycles. The van der Waals surface area contributed by atoms with E-state index in [9.17, 15) is 0 Å². The number of ether oxygens (including phenoxy) is 1. The maximum absolute atomic E-state index is 5.86. The van der Waals surface area contributed by atoms with Crippen LogP contribution in [0.5, 0.6) is 0 Å². The molecular weight excluding hydrogens is 438 g/mol. The van der Waals surface area contributed by atoms with Gasteiger partial charge in [-0.1, -0.05) is 29.1 Å². The molecule has 0 saturated carbocycles. The van der Waals surface area contributed by atoms with Crippen molar-refractivity contribution in [1.82, 2.24) is 24.9 Å². The first kappa shape index (κ1) is 19.9. The van der Waals surface area contributed by atoms with Gasteiger partial charge in [0.05, 0.1) is 22.4 Å². The molecule has 1 aliphatic rings. The molecule has 1 saturated heterocycles. The number of rotatable bonds is 9. The second kappa shape index (κ2) is 9.42. The van der Waals surface area contributed by atoms with Crippen molar-refractivity contribution in [1.29, 1.82) is 0 Å². The van der Waals surface area contributed by atoms with E-state index in [4.69, 9.17) is 9.26 Å². The first-order valence-corrected chi connectivity index (χ1v) is 12.7. The summed E-state index contributed by atoms with van der Waals surface area (Å²) in [5.41, 5.74) is 0. The fraction of sp³-hybridized carbons (Fsp3) is 0.400. The number of thioether (sulfide) groups is 1. The molecule has 5 rings (SSSR count). The standard InChI is InChI=1S/C20H21N5O2S3/c1-5-14(26-9-1)13-25-19(16-7-3-11-29-16)22-23-20(25)30-12-4-8-17-21-18(24-27-17)15-6-2-10-28-15/h2-3,6-7,10-11,14H,1,4-5,8-9,12-13H2. The predicted molar refractivity (Wildman–Crippen MR) is 119 cm³/mol. The van der Waals surface area contributed by atoms with Crippen LogP contribution in [0.4, 0.5) is 0 Å². The summed E-state index contributed by atoms with van der Waals surface area (Å²) in [6.07, 6.45) is 4.14. The van der Waals surface area contributed by atoms with Crippen LogP contribution in [0.1, 0.15) is 25.2 Å². The topological polar surface area (TPSA) is 78.9 Å². The average molecular weight is 460 g/mol. The summed E-state index contributed by atoms with van der Waals surface area (Å²) in [5, 5.41) is 18.1. The summed E-state index contributed by atoms with van der Waals surface area (Å²) in [6, 6.07) is 8.13. The van der Waals surface area contributed by atoms with Crippen molar-refractivity contribution in [2.45, 2.75) is 43.5 Å². The van der Waals surface area contributed by atoms with Gasteiger partial charge in [0.1, 0.15) is 0 Å². The molecule has 1 aliphatic heterocycles. The van der Waals surface area contributed by atoms with Crippen molar-refractivity contribution in [2.24, 2.45) is 0 Å². The highest BCUT2D eigenvalue weighted by Gasteiger charge is 2.22. The Balaban J connectivity index is 1.21. The Bertz CT molecular complexity index is 1050. The molecule has 10 heteroatoms. The van der Waals surface area contributed by atoms with E-state index in [-0.39, 0.29) is 6.10 Å². The zero-order valence-electron chi connectivity index (χ0n) is 16.3. The number of aryl methyl sites for hydroxylation is 1. The van der Waals surface area contributed by atoms with Crippen molar-refractivity contribution >= 4 is 34.4 Å². The molecule has 0 aromatic carbocycles. The van der Waals surface area contributed by atoms with E-state index in [1.807, 2.05) is 23.6 Å². The van der Waals surface area contributed by atoms with E-state index in [1.54, 1.807) is 34.4 Å². The van der Waals surface area contributed by atoms with E-state index < -0.39 is 0 Å². The summed E-state index contributed by atoms with van der Waals surface area (Å²) >= 11 is 5.02. The molecule has 7 nitrogen and oxygen atoms in total. The molecule has 1 fully saturated rings. The fourth-order valence-electron chi connectivity index (χ4n) is 3.39. The van der Waals surface area contributed by atoms with Crippen LogP contribution in [0.25, 0.3) is 21.4 Å². The Kier molecular flexibility index (Phi) is 6.26. The van der Waals surface area contributed by atoms with Crippen LogP contribution in [-0.2, 0) is 17.7 Å². The molecule has 156 valence electrons. The van der Waals surface area contributed by atoms with Crippen LogP contribution in [0.3, 0.4) is 0 Å². The van der Waals surface area contributed by atoms with Gasteiger partial charge in [-0.15, -0.1) is 32.9 Å². The maximum atomic E-state index is 5.86. The highest BCUT2D eigenvalue weighted by molar-refractivity contribution is 7.99. The summed E-state index contributed by atoms with van der Waals surface area (Å²) in [7, 11) is 0. The lowest BCUT2D eigenvalue weighted by Crippen LogP contribution is -2.16. The molecule has 0 spiro atoms. The van der Waals surface area contributed by atoms with Crippen molar-refractivity contribution in [3.8, 4) is 21.4 Å². The Morgan fingerprint density at radius 3 is 2.77 bits per heavy atom. The van der Waals surface area contributed by atoms with Gasteiger partial charge in [0, 0.05) is 18.8 Å². The minimum absolute atomic E-state index is 0.244. The van der Waals surface area contributed by atoms with Crippen LogP contribution >= 0.6 is 34.4 Å². The van der Waals surface area contributed by atoms with E-state index in [2.05, 4.69) is 36.4 Å². The van der Waals surface area contributed by atoms with Crippen molar-refractivity contribution in [3.63, 3.8) is 0 Å². The molecule has 1 atom stereocenters. The number of nitrogens with zero attached hydrogens (tertiary/aromatic N) is 5. The van der Waals surface area contributed by atoms with Gasteiger partial charge in [-0.3, -0.25) is 4.57 Å². The molecule has 0 aliphatic carbocycles. The Labute approximate surface area is 186 Å². The van der Waals surface area contributed by atoms with Crippen LogP contribution in [-0.4, -0.2) is 43.4 Å². The largest absolute Gasteiger partial charge is 0.376 e. The van der Waals surface area contributed by atoms with Gasteiger partial charge in [0.25, 0.3) is 0 Å². The molecule has 4 aromatic heterocycles. The Morgan fingerprint density at radius 2 is 2.00 bits per heavy atom. The monoisotopic (exact) mass is 459 g/mol. The molecule has 0 amide bonds. The number of hydrogen-bond acceptors (Lipinski definition) is 9. The van der Waals surface area contributed by atoms with Gasteiger partial charge in [-0.2, -0.15) is 4.98 Å². The van der Waals surface area contributed by atoms with Gasteiger partial charge in [0.2, 0.25) is 11.7 Å². The summed E-state index contributed by atoms with van der Waals surface area (Å²) in [4.78, 5) is 6.66. The van der Waals surface area contributed by atoms with E-state index in [1.165, 1.54) is 0 Å². The lowest BCUT2D eigenvalue weighted by molar-refractivity contribution is 0.0953. The van der Waals surface area contributed by atoms with E-state index in [0.717, 1.165) is 65.3 Å². The SMILES string of the molecule is c1csc(-c2noc(CCCSc3nnc(-c4cccs4)n3CC3CCCO3)n2)c1. The Hall–Kier alpha value is -2.01. The first-order valence-electron chi connectivity index (χ1n) is 9.95. The smallest absolute Gasteiger partial charge is 0.227 e. The quantitative estimate of drug-likeness (QED) is 0.257. The summed E-state index contributed by atoms with van der Waals surface area (Å²) in [6.45, 7) is 1.65. The van der Waals surface area contributed by atoms with Crippen LogP contribution in [0.2, 0.25) is 0 Å².